The fraction of sp³-hybridized carbons (Fsp3) is 0.391. The Bertz CT molecular complexity index is 1130. The number of carbonyl (C=O) groups is 2. The lowest BCUT2D eigenvalue weighted by Gasteiger charge is -2.32. The van der Waals surface area contributed by atoms with Crippen LogP contribution < -0.4 is 14.4 Å². The van der Waals surface area contributed by atoms with Crippen LogP contribution in [0.15, 0.2) is 46.9 Å². The summed E-state index contributed by atoms with van der Waals surface area (Å²) in [5, 5.41) is 3.01. The fourth-order valence-corrected chi connectivity index (χ4v) is 4.56. The van der Waals surface area contributed by atoms with Gasteiger partial charge in [-0.25, -0.2) is 8.42 Å². The van der Waals surface area contributed by atoms with Crippen molar-refractivity contribution < 1.29 is 22.7 Å². The number of ether oxygens (including phenoxy) is 1. The summed E-state index contributed by atoms with van der Waals surface area (Å²) in [7, 11) is -2.40. The highest BCUT2D eigenvalue weighted by atomic mass is 79.9. The van der Waals surface area contributed by atoms with Gasteiger partial charge < -0.3 is 15.0 Å². The van der Waals surface area contributed by atoms with E-state index in [9.17, 15) is 18.0 Å². The topological polar surface area (TPSA) is 96.0 Å². The van der Waals surface area contributed by atoms with Crippen molar-refractivity contribution >= 4 is 55.1 Å². The van der Waals surface area contributed by atoms with Gasteiger partial charge in [0, 0.05) is 17.1 Å². The van der Waals surface area contributed by atoms with Gasteiger partial charge in [0.2, 0.25) is 21.8 Å². The van der Waals surface area contributed by atoms with Crippen molar-refractivity contribution in [3.8, 4) is 5.75 Å². The number of anilines is 1. The molecule has 0 fully saturated rings. The van der Waals surface area contributed by atoms with Gasteiger partial charge in [-0.15, -0.1) is 0 Å². The molecule has 0 unspecified atom stereocenters. The Kier molecular flexibility index (Phi) is 9.78. The molecule has 1 N–H and O–H groups in total. The van der Waals surface area contributed by atoms with E-state index in [0.717, 1.165) is 20.6 Å². The summed E-state index contributed by atoms with van der Waals surface area (Å²) < 4.78 is 32.2. The van der Waals surface area contributed by atoms with Crippen molar-refractivity contribution in [1.82, 2.24) is 10.2 Å². The molecule has 34 heavy (non-hydrogen) atoms. The number of nitrogens with zero attached hydrogens (tertiary/aromatic N) is 2. The van der Waals surface area contributed by atoms with Crippen LogP contribution >= 0.6 is 27.5 Å². The van der Waals surface area contributed by atoms with Gasteiger partial charge in [-0.1, -0.05) is 39.7 Å². The van der Waals surface area contributed by atoms with Gasteiger partial charge in [0.15, 0.2) is 0 Å². The number of sulfonamides is 1. The minimum absolute atomic E-state index is 0.117. The van der Waals surface area contributed by atoms with E-state index in [0.29, 0.717) is 5.75 Å². The lowest BCUT2D eigenvalue weighted by molar-refractivity contribution is -0.139. The minimum atomic E-state index is -3.85. The zero-order chi connectivity index (χ0) is 25.6. The van der Waals surface area contributed by atoms with Crippen molar-refractivity contribution in [2.75, 3.05) is 24.2 Å². The van der Waals surface area contributed by atoms with Crippen molar-refractivity contribution in [1.29, 1.82) is 0 Å². The maximum absolute atomic E-state index is 13.5. The number of nitrogens with one attached hydrogen (secondary N) is 1. The van der Waals surface area contributed by atoms with Crippen molar-refractivity contribution in [2.45, 2.75) is 39.4 Å². The van der Waals surface area contributed by atoms with Gasteiger partial charge in [-0.05, 0) is 56.7 Å². The highest BCUT2D eigenvalue weighted by Gasteiger charge is 2.30. The van der Waals surface area contributed by atoms with E-state index in [1.807, 2.05) is 38.1 Å². The van der Waals surface area contributed by atoms with Crippen molar-refractivity contribution in [3.05, 3.63) is 57.5 Å². The SMILES string of the molecule is COc1ccc(N(CC(=O)N(Cc2ccc(Br)cc2)[C@H](C)C(=O)NC(C)C)S(C)(=O)=O)cc1Cl. The first-order chi connectivity index (χ1) is 15.8. The molecule has 2 amide bonds. The zero-order valence-electron chi connectivity index (χ0n) is 19.7. The maximum atomic E-state index is 13.5. The van der Waals surface area contributed by atoms with Gasteiger partial charge in [-0.2, -0.15) is 0 Å². The summed E-state index contributed by atoms with van der Waals surface area (Å²) in [6.07, 6.45) is 1.01. The van der Waals surface area contributed by atoms with Crippen LogP contribution in [-0.2, 0) is 26.2 Å². The first-order valence-corrected chi connectivity index (χ1v) is 13.5. The second kappa shape index (κ2) is 11.9. The Morgan fingerprint density at radius 1 is 1.12 bits per heavy atom. The zero-order valence-corrected chi connectivity index (χ0v) is 22.9. The van der Waals surface area contributed by atoms with E-state index in [-0.39, 0.29) is 29.2 Å². The number of rotatable bonds is 10. The molecule has 2 rings (SSSR count). The minimum Gasteiger partial charge on any atom is -0.495 e. The Hall–Kier alpha value is -2.30. The van der Waals surface area contributed by atoms with E-state index in [1.54, 1.807) is 6.92 Å². The normalized spacial score (nSPS) is 12.2. The van der Waals surface area contributed by atoms with Crippen LogP contribution in [0, 0.1) is 0 Å². The van der Waals surface area contributed by atoms with E-state index >= 15 is 0 Å². The summed E-state index contributed by atoms with van der Waals surface area (Å²) in [4.78, 5) is 27.6. The van der Waals surface area contributed by atoms with Gasteiger partial charge in [0.25, 0.3) is 0 Å². The highest BCUT2D eigenvalue weighted by Crippen LogP contribution is 2.30. The fourth-order valence-electron chi connectivity index (χ4n) is 3.20. The van der Waals surface area contributed by atoms with Crippen LogP contribution in [0.5, 0.6) is 5.75 Å². The molecule has 0 spiro atoms. The number of methoxy groups -OCH3 is 1. The standard InChI is InChI=1S/C23H29BrClN3O5S/c1-15(2)26-23(30)16(3)27(13-17-6-8-18(24)9-7-17)22(29)14-28(34(5,31)32)19-10-11-21(33-4)20(25)12-19/h6-12,15-16H,13-14H2,1-5H3,(H,26,30)/t16-/m1/s1. The van der Waals surface area contributed by atoms with E-state index in [4.69, 9.17) is 16.3 Å². The van der Waals surface area contributed by atoms with E-state index in [1.165, 1.54) is 30.2 Å². The maximum Gasteiger partial charge on any atom is 0.244 e. The third-order valence-electron chi connectivity index (χ3n) is 4.97. The molecule has 0 aromatic heterocycles. The monoisotopic (exact) mass is 573 g/mol. The third kappa shape index (κ3) is 7.61. The summed E-state index contributed by atoms with van der Waals surface area (Å²) in [6, 6.07) is 10.8. The molecule has 0 saturated heterocycles. The lowest BCUT2D eigenvalue weighted by Crippen LogP contribution is -2.52. The molecule has 11 heteroatoms. The Balaban J connectivity index is 2.40. The number of halogens is 2. The second-order valence-corrected chi connectivity index (χ2v) is 11.3. The van der Waals surface area contributed by atoms with Gasteiger partial charge in [0.1, 0.15) is 18.3 Å². The number of hydrogen-bond acceptors (Lipinski definition) is 5. The number of hydrogen-bond donors (Lipinski definition) is 1. The summed E-state index contributed by atoms with van der Waals surface area (Å²) in [5.41, 5.74) is 1.00. The van der Waals surface area contributed by atoms with E-state index in [2.05, 4.69) is 21.2 Å². The molecule has 186 valence electrons. The molecule has 0 saturated carbocycles. The Labute approximate surface area is 214 Å². The summed E-state index contributed by atoms with van der Waals surface area (Å²) in [6.45, 7) is 4.88. The molecule has 1 atom stereocenters. The van der Waals surface area contributed by atoms with Crippen LogP contribution in [-0.4, -0.2) is 57.1 Å². The average Bonchev–Trinajstić information content (AvgIpc) is 2.75. The first kappa shape index (κ1) is 27.9. The predicted molar refractivity (Wildman–Crippen MR) is 138 cm³/mol. The van der Waals surface area contributed by atoms with Crippen molar-refractivity contribution in [3.63, 3.8) is 0 Å². The van der Waals surface area contributed by atoms with Crippen LogP contribution in [0.25, 0.3) is 0 Å². The molecule has 2 aromatic rings. The third-order valence-corrected chi connectivity index (χ3v) is 6.93. The van der Waals surface area contributed by atoms with Crippen LogP contribution in [0.4, 0.5) is 5.69 Å². The van der Waals surface area contributed by atoms with Crippen molar-refractivity contribution in [2.24, 2.45) is 0 Å². The van der Waals surface area contributed by atoms with Gasteiger partial charge in [-0.3, -0.25) is 13.9 Å². The van der Waals surface area contributed by atoms with Gasteiger partial charge >= 0.3 is 0 Å². The number of carbonyl (C=O) groups excluding carboxylic acids is 2. The first-order valence-electron chi connectivity index (χ1n) is 10.5. The molecule has 0 bridgehead atoms. The summed E-state index contributed by atoms with van der Waals surface area (Å²) in [5.74, 6) is -0.494. The predicted octanol–water partition coefficient (Wildman–Crippen LogP) is 3.82. The molecule has 8 nitrogen and oxygen atoms in total. The Morgan fingerprint density at radius 3 is 2.24 bits per heavy atom. The number of amides is 2. The Morgan fingerprint density at radius 2 is 1.74 bits per heavy atom. The van der Waals surface area contributed by atoms with Crippen LogP contribution in [0.3, 0.4) is 0 Å². The molecule has 0 aliphatic heterocycles. The average molecular weight is 575 g/mol. The quantitative estimate of drug-likeness (QED) is 0.466. The molecular formula is C23H29BrClN3O5S. The van der Waals surface area contributed by atoms with Crippen LogP contribution in [0.1, 0.15) is 26.3 Å². The van der Waals surface area contributed by atoms with Gasteiger partial charge in [0.05, 0.1) is 24.1 Å². The highest BCUT2D eigenvalue weighted by molar-refractivity contribution is 9.10. The molecule has 0 aliphatic rings. The molecule has 0 radical (unpaired) electrons. The molecular weight excluding hydrogens is 546 g/mol. The molecule has 0 aliphatic carbocycles. The van der Waals surface area contributed by atoms with Crippen LogP contribution in [0.2, 0.25) is 5.02 Å². The largest absolute Gasteiger partial charge is 0.495 e. The second-order valence-electron chi connectivity index (χ2n) is 8.08. The smallest absolute Gasteiger partial charge is 0.244 e. The lowest BCUT2D eigenvalue weighted by atomic mass is 10.1. The molecule has 0 heterocycles. The van der Waals surface area contributed by atoms with E-state index < -0.39 is 28.5 Å². The molecule has 2 aromatic carbocycles. The number of benzene rings is 2. The summed E-state index contributed by atoms with van der Waals surface area (Å²) >= 11 is 9.56.